The summed E-state index contributed by atoms with van der Waals surface area (Å²) in [6.45, 7) is -0.146. The second-order valence-corrected chi connectivity index (χ2v) is 7.44. The van der Waals surface area contributed by atoms with Crippen LogP contribution in [0.5, 0.6) is 11.5 Å². The second kappa shape index (κ2) is 8.11. The summed E-state index contributed by atoms with van der Waals surface area (Å²) in [6, 6.07) is 11.0. The molecular weight excluding hydrogens is 404 g/mol. The number of ether oxygens (including phenoxy) is 2. The number of fused-ring (bicyclic) bond motifs is 3. The van der Waals surface area contributed by atoms with E-state index >= 15 is 0 Å². The standard InChI is InChI=1S/C21H20N4O4S/c1-28-16-8-14-15(9-17(16)29-2)24-20-19(14)22-11-25(21(20)27)10-18(26)23-12-5-4-6-13(7-12)30-3/h4-9,11,24H,10H2,1-3H3,(H,23,26). The number of amides is 1. The number of methoxy groups -OCH3 is 2. The molecule has 8 nitrogen and oxygen atoms in total. The lowest BCUT2D eigenvalue weighted by Gasteiger charge is -2.08. The molecule has 0 saturated carbocycles. The Morgan fingerprint density at radius 2 is 1.97 bits per heavy atom. The number of carbonyl (C=O) groups excluding carboxylic acids is 1. The third-order valence-electron chi connectivity index (χ3n) is 4.74. The van der Waals surface area contributed by atoms with E-state index in [2.05, 4.69) is 15.3 Å². The van der Waals surface area contributed by atoms with Crippen LogP contribution in [0.4, 0.5) is 5.69 Å². The first-order valence-electron chi connectivity index (χ1n) is 9.10. The summed E-state index contributed by atoms with van der Waals surface area (Å²) in [6.07, 6.45) is 3.35. The number of hydrogen-bond donors (Lipinski definition) is 2. The maximum Gasteiger partial charge on any atom is 0.278 e. The molecule has 9 heteroatoms. The SMILES string of the molecule is COc1cc2[nH]c3c(=O)n(CC(=O)Nc4cccc(SC)c4)cnc3c2cc1OC. The van der Waals surface area contributed by atoms with Gasteiger partial charge in [0, 0.05) is 22.0 Å². The molecule has 0 bridgehead atoms. The molecule has 154 valence electrons. The molecule has 0 aliphatic carbocycles. The zero-order valence-electron chi connectivity index (χ0n) is 16.7. The van der Waals surface area contributed by atoms with Gasteiger partial charge in [0.15, 0.2) is 11.5 Å². The Balaban J connectivity index is 1.66. The summed E-state index contributed by atoms with van der Waals surface area (Å²) in [7, 11) is 3.09. The van der Waals surface area contributed by atoms with E-state index in [1.807, 2.05) is 24.5 Å². The number of nitrogens with zero attached hydrogens (tertiary/aromatic N) is 2. The molecule has 0 unspecified atom stereocenters. The topological polar surface area (TPSA) is 98.2 Å². The fraction of sp³-hybridized carbons (Fsp3) is 0.190. The van der Waals surface area contributed by atoms with Gasteiger partial charge in [-0.2, -0.15) is 0 Å². The van der Waals surface area contributed by atoms with Gasteiger partial charge in [0.05, 0.1) is 26.1 Å². The van der Waals surface area contributed by atoms with Crippen LogP contribution in [0.1, 0.15) is 0 Å². The second-order valence-electron chi connectivity index (χ2n) is 6.56. The van der Waals surface area contributed by atoms with Gasteiger partial charge in [-0.05, 0) is 30.5 Å². The van der Waals surface area contributed by atoms with Gasteiger partial charge in [-0.15, -0.1) is 11.8 Å². The van der Waals surface area contributed by atoms with E-state index in [1.54, 1.807) is 44.2 Å². The van der Waals surface area contributed by atoms with Crippen molar-refractivity contribution < 1.29 is 14.3 Å². The number of rotatable bonds is 6. The van der Waals surface area contributed by atoms with Crippen LogP contribution in [-0.4, -0.2) is 40.9 Å². The Bertz CT molecular complexity index is 1310. The van der Waals surface area contributed by atoms with Gasteiger partial charge >= 0.3 is 0 Å². The van der Waals surface area contributed by atoms with Crippen molar-refractivity contribution in [3.8, 4) is 11.5 Å². The van der Waals surface area contributed by atoms with Crippen LogP contribution in [0.25, 0.3) is 21.9 Å². The minimum absolute atomic E-state index is 0.146. The van der Waals surface area contributed by atoms with Crippen LogP contribution in [0.15, 0.2) is 52.4 Å². The number of anilines is 1. The lowest BCUT2D eigenvalue weighted by atomic mass is 10.2. The molecular formula is C21H20N4O4S. The van der Waals surface area contributed by atoms with Crippen molar-refractivity contribution in [1.29, 1.82) is 0 Å². The molecule has 2 heterocycles. The molecule has 0 aliphatic rings. The lowest BCUT2D eigenvalue weighted by Crippen LogP contribution is -2.27. The number of aromatic amines is 1. The van der Waals surface area contributed by atoms with Crippen molar-refractivity contribution in [2.75, 3.05) is 25.8 Å². The molecule has 30 heavy (non-hydrogen) atoms. The van der Waals surface area contributed by atoms with Gasteiger partial charge in [-0.1, -0.05) is 6.07 Å². The maximum atomic E-state index is 12.9. The van der Waals surface area contributed by atoms with Gasteiger partial charge in [-0.3, -0.25) is 14.2 Å². The van der Waals surface area contributed by atoms with E-state index in [9.17, 15) is 9.59 Å². The number of H-pyrrole nitrogens is 1. The van der Waals surface area contributed by atoms with Crippen LogP contribution in [0.3, 0.4) is 0 Å². The zero-order valence-corrected chi connectivity index (χ0v) is 17.5. The van der Waals surface area contributed by atoms with E-state index in [0.717, 1.165) is 10.3 Å². The molecule has 0 fully saturated rings. The van der Waals surface area contributed by atoms with Gasteiger partial charge in [0.2, 0.25) is 5.91 Å². The van der Waals surface area contributed by atoms with Gasteiger partial charge in [0.25, 0.3) is 5.56 Å². The van der Waals surface area contributed by atoms with Crippen molar-refractivity contribution in [2.45, 2.75) is 11.4 Å². The molecule has 2 aromatic carbocycles. The van der Waals surface area contributed by atoms with Gasteiger partial charge in [-0.25, -0.2) is 4.98 Å². The van der Waals surface area contributed by atoms with E-state index in [4.69, 9.17) is 9.47 Å². The van der Waals surface area contributed by atoms with Gasteiger partial charge < -0.3 is 19.8 Å². The molecule has 0 saturated heterocycles. The summed E-state index contributed by atoms with van der Waals surface area (Å²) < 4.78 is 11.9. The molecule has 0 radical (unpaired) electrons. The van der Waals surface area contributed by atoms with Crippen molar-refractivity contribution >= 4 is 45.3 Å². The van der Waals surface area contributed by atoms with Crippen LogP contribution >= 0.6 is 11.8 Å². The first-order chi connectivity index (χ1) is 14.5. The van der Waals surface area contributed by atoms with Crippen molar-refractivity contribution in [2.24, 2.45) is 0 Å². The average molecular weight is 424 g/mol. The number of carbonyl (C=O) groups is 1. The first-order valence-corrected chi connectivity index (χ1v) is 10.3. The van der Waals surface area contributed by atoms with Crippen LogP contribution in [0.2, 0.25) is 0 Å². The van der Waals surface area contributed by atoms with Crippen molar-refractivity contribution in [3.63, 3.8) is 0 Å². The highest BCUT2D eigenvalue weighted by Gasteiger charge is 2.16. The fourth-order valence-electron chi connectivity index (χ4n) is 3.29. The monoisotopic (exact) mass is 424 g/mol. The smallest absolute Gasteiger partial charge is 0.278 e. The maximum absolute atomic E-state index is 12.9. The third-order valence-corrected chi connectivity index (χ3v) is 5.47. The number of nitrogens with one attached hydrogen (secondary N) is 2. The Morgan fingerprint density at radius 3 is 2.70 bits per heavy atom. The van der Waals surface area contributed by atoms with Crippen molar-refractivity contribution in [3.05, 3.63) is 53.1 Å². The average Bonchev–Trinajstić information content (AvgIpc) is 3.13. The highest BCUT2D eigenvalue weighted by Crippen LogP contribution is 2.34. The normalized spacial score (nSPS) is 11.0. The highest BCUT2D eigenvalue weighted by molar-refractivity contribution is 7.98. The van der Waals surface area contributed by atoms with Crippen LogP contribution in [0, 0.1) is 0 Å². The summed E-state index contributed by atoms with van der Waals surface area (Å²) in [4.78, 5) is 33.9. The van der Waals surface area contributed by atoms with E-state index in [1.165, 1.54) is 10.9 Å². The summed E-state index contributed by atoms with van der Waals surface area (Å²) in [5, 5.41) is 3.56. The lowest BCUT2D eigenvalue weighted by molar-refractivity contribution is -0.116. The van der Waals surface area contributed by atoms with Gasteiger partial charge in [0.1, 0.15) is 17.6 Å². The Labute approximate surface area is 176 Å². The molecule has 2 aromatic heterocycles. The predicted octanol–water partition coefficient (Wildman–Crippen LogP) is 3.26. The van der Waals surface area contributed by atoms with E-state index in [0.29, 0.717) is 33.7 Å². The quantitative estimate of drug-likeness (QED) is 0.461. The summed E-state index contributed by atoms with van der Waals surface area (Å²) in [5.41, 5.74) is 1.88. The largest absolute Gasteiger partial charge is 0.493 e. The fourth-order valence-corrected chi connectivity index (χ4v) is 3.75. The summed E-state index contributed by atoms with van der Waals surface area (Å²) in [5.74, 6) is 0.781. The Hall–Kier alpha value is -3.46. The molecule has 4 aromatic rings. The molecule has 4 rings (SSSR count). The Kier molecular flexibility index (Phi) is 5.37. The van der Waals surface area contributed by atoms with Crippen LogP contribution in [-0.2, 0) is 11.3 Å². The van der Waals surface area contributed by atoms with E-state index < -0.39 is 0 Å². The summed E-state index contributed by atoms with van der Waals surface area (Å²) >= 11 is 1.59. The number of thioether (sulfide) groups is 1. The number of benzene rings is 2. The van der Waals surface area contributed by atoms with Crippen molar-refractivity contribution in [1.82, 2.24) is 14.5 Å². The highest BCUT2D eigenvalue weighted by atomic mass is 32.2. The zero-order chi connectivity index (χ0) is 21.3. The predicted molar refractivity (Wildman–Crippen MR) is 118 cm³/mol. The molecule has 0 atom stereocenters. The minimum Gasteiger partial charge on any atom is -0.493 e. The molecule has 0 aliphatic heterocycles. The Morgan fingerprint density at radius 1 is 1.20 bits per heavy atom. The number of hydrogen-bond acceptors (Lipinski definition) is 6. The number of aromatic nitrogens is 3. The minimum atomic E-state index is -0.331. The first kappa shape index (κ1) is 19.8. The molecule has 0 spiro atoms. The molecule has 2 N–H and O–H groups in total. The molecule has 1 amide bonds. The van der Waals surface area contributed by atoms with E-state index in [-0.39, 0.29) is 18.0 Å². The van der Waals surface area contributed by atoms with Crippen LogP contribution < -0.4 is 20.3 Å². The third kappa shape index (κ3) is 3.59.